The second kappa shape index (κ2) is 8.88. The van der Waals surface area contributed by atoms with Crippen molar-refractivity contribution in [2.24, 2.45) is 0 Å². The normalized spacial score (nSPS) is 12.1. The molecule has 0 radical (unpaired) electrons. The van der Waals surface area contributed by atoms with E-state index in [4.69, 9.17) is 4.74 Å². The zero-order chi connectivity index (χ0) is 22.6. The van der Waals surface area contributed by atoms with Crippen molar-refractivity contribution in [2.75, 3.05) is 25.6 Å². The van der Waals surface area contributed by atoms with Crippen molar-refractivity contribution in [1.82, 2.24) is 14.8 Å². The molecule has 11 heteroatoms. The molecule has 2 aromatic carbocycles. The minimum Gasteiger partial charge on any atom is -0.426 e. The number of nitrogens with one attached hydrogen (secondary N) is 1. The van der Waals surface area contributed by atoms with Crippen LogP contribution < -0.4 is 10.1 Å². The molecule has 0 unspecified atom stereocenters. The van der Waals surface area contributed by atoms with Gasteiger partial charge in [-0.05, 0) is 31.2 Å². The van der Waals surface area contributed by atoms with Gasteiger partial charge in [0.2, 0.25) is 5.95 Å². The molecule has 166 valence electrons. The van der Waals surface area contributed by atoms with Gasteiger partial charge in [-0.1, -0.05) is 29.8 Å². The molecule has 0 saturated heterocycles. The lowest BCUT2D eigenvalue weighted by atomic mass is 10.1. The third-order valence-corrected chi connectivity index (χ3v) is 4.16. The highest BCUT2D eigenvalue weighted by molar-refractivity contribution is 5.58. The van der Waals surface area contributed by atoms with E-state index in [0.717, 1.165) is 23.3 Å². The number of nitrogens with zero attached hydrogens (tertiary/aromatic N) is 3. The molecule has 0 fully saturated rings. The molecule has 0 atom stereocenters. The molecule has 0 spiro atoms. The van der Waals surface area contributed by atoms with E-state index in [1.165, 1.54) is 16.8 Å². The SMILES string of the molecule is COCCNc1nc(-c2ccc(C)cc2)nn1-c1ccc(OC(F)(F)C(F)(F)F)cc1. The van der Waals surface area contributed by atoms with Gasteiger partial charge in [0.15, 0.2) is 5.82 Å². The van der Waals surface area contributed by atoms with Crippen LogP contribution in [0.15, 0.2) is 48.5 Å². The fourth-order valence-corrected chi connectivity index (χ4v) is 2.56. The molecular formula is C20H19F5N4O2. The van der Waals surface area contributed by atoms with Crippen LogP contribution in [0, 0.1) is 6.92 Å². The van der Waals surface area contributed by atoms with Gasteiger partial charge >= 0.3 is 12.3 Å². The number of halogens is 5. The number of aromatic nitrogens is 3. The molecule has 6 nitrogen and oxygen atoms in total. The lowest BCUT2D eigenvalue weighted by molar-refractivity contribution is -0.360. The van der Waals surface area contributed by atoms with Crippen molar-refractivity contribution < 1.29 is 31.4 Å². The molecule has 0 aliphatic heterocycles. The Kier molecular flexibility index (Phi) is 6.44. The summed E-state index contributed by atoms with van der Waals surface area (Å²) in [5.74, 6) is 0.115. The molecule has 0 saturated carbocycles. The van der Waals surface area contributed by atoms with E-state index in [2.05, 4.69) is 20.1 Å². The van der Waals surface area contributed by atoms with Gasteiger partial charge in [0.25, 0.3) is 0 Å². The lowest BCUT2D eigenvalue weighted by Crippen LogP contribution is -2.41. The van der Waals surface area contributed by atoms with Gasteiger partial charge in [0.05, 0.1) is 12.3 Å². The van der Waals surface area contributed by atoms with Crippen LogP contribution in [-0.2, 0) is 4.74 Å². The van der Waals surface area contributed by atoms with E-state index in [-0.39, 0.29) is 0 Å². The van der Waals surface area contributed by atoms with E-state index in [0.29, 0.717) is 30.6 Å². The maximum absolute atomic E-state index is 13.1. The van der Waals surface area contributed by atoms with Crippen LogP contribution in [-0.4, -0.2) is 47.3 Å². The molecular weight excluding hydrogens is 423 g/mol. The maximum atomic E-state index is 13.1. The Hall–Kier alpha value is -3.21. The first-order chi connectivity index (χ1) is 14.6. The first-order valence-electron chi connectivity index (χ1n) is 9.11. The second-order valence-corrected chi connectivity index (χ2v) is 6.57. The van der Waals surface area contributed by atoms with Crippen molar-refractivity contribution in [2.45, 2.75) is 19.2 Å². The zero-order valence-electron chi connectivity index (χ0n) is 16.6. The number of hydrogen-bond acceptors (Lipinski definition) is 5. The molecule has 3 rings (SSSR count). The average molecular weight is 442 g/mol. The summed E-state index contributed by atoms with van der Waals surface area (Å²) in [6.07, 6.45) is -11.1. The monoisotopic (exact) mass is 442 g/mol. The van der Waals surface area contributed by atoms with Crippen molar-refractivity contribution in [1.29, 1.82) is 0 Å². The summed E-state index contributed by atoms with van der Waals surface area (Å²) in [5, 5.41) is 7.49. The van der Waals surface area contributed by atoms with Crippen molar-refractivity contribution >= 4 is 5.95 Å². The number of methoxy groups -OCH3 is 1. The van der Waals surface area contributed by atoms with Gasteiger partial charge < -0.3 is 14.8 Å². The molecule has 0 bridgehead atoms. The summed E-state index contributed by atoms with van der Waals surface area (Å²) in [7, 11) is 1.54. The third kappa shape index (κ3) is 5.29. The Balaban J connectivity index is 1.90. The number of anilines is 1. The van der Waals surface area contributed by atoms with E-state index >= 15 is 0 Å². The summed E-state index contributed by atoms with van der Waals surface area (Å²) in [5.41, 5.74) is 2.20. The Morgan fingerprint density at radius 1 is 0.968 bits per heavy atom. The predicted octanol–water partition coefficient (Wildman–Crippen LogP) is 4.83. The number of aryl methyl sites for hydroxylation is 1. The second-order valence-electron chi connectivity index (χ2n) is 6.57. The summed E-state index contributed by atoms with van der Waals surface area (Å²) in [4.78, 5) is 4.46. The first-order valence-corrected chi connectivity index (χ1v) is 9.11. The number of rotatable bonds is 8. The largest absolute Gasteiger partial charge is 0.499 e. The standard InChI is InChI=1S/C20H19F5N4O2/c1-13-3-5-14(6-4-13)17-27-18(26-11-12-30-2)29(28-17)15-7-9-16(10-8-15)31-20(24,25)19(21,22)23/h3-10H,11-12H2,1-2H3,(H,26,27,28). The summed E-state index contributed by atoms with van der Waals surface area (Å²) in [6, 6.07) is 12.1. The number of ether oxygens (including phenoxy) is 2. The minimum absolute atomic E-state index is 0.349. The molecule has 1 heterocycles. The van der Waals surface area contributed by atoms with Crippen LogP contribution in [0.25, 0.3) is 17.1 Å². The summed E-state index contributed by atoms with van der Waals surface area (Å²) in [6.45, 7) is 2.76. The smallest absolute Gasteiger partial charge is 0.426 e. The zero-order valence-corrected chi connectivity index (χ0v) is 16.6. The van der Waals surface area contributed by atoms with Crippen molar-refractivity contribution in [3.63, 3.8) is 0 Å². The quantitative estimate of drug-likeness (QED) is 0.400. The maximum Gasteiger partial charge on any atom is 0.499 e. The number of hydrogen-bond donors (Lipinski definition) is 1. The van der Waals surface area contributed by atoms with Gasteiger partial charge in [-0.2, -0.15) is 31.6 Å². The highest BCUT2D eigenvalue weighted by atomic mass is 19.4. The predicted molar refractivity (Wildman–Crippen MR) is 104 cm³/mol. The Morgan fingerprint density at radius 2 is 1.61 bits per heavy atom. The fraction of sp³-hybridized carbons (Fsp3) is 0.300. The third-order valence-electron chi connectivity index (χ3n) is 4.16. The molecule has 0 amide bonds. The van der Waals surface area contributed by atoms with Crippen LogP contribution in [0.4, 0.5) is 27.9 Å². The Labute approximate surface area is 174 Å². The average Bonchev–Trinajstić information content (AvgIpc) is 3.12. The van der Waals surface area contributed by atoms with Crippen LogP contribution in [0.5, 0.6) is 5.75 Å². The first kappa shape index (κ1) is 22.5. The number of benzene rings is 2. The fourth-order valence-electron chi connectivity index (χ4n) is 2.56. The summed E-state index contributed by atoms with van der Waals surface area (Å²) < 4.78 is 73.4. The number of alkyl halides is 5. The highest BCUT2D eigenvalue weighted by Crippen LogP contribution is 2.37. The van der Waals surface area contributed by atoms with E-state index in [9.17, 15) is 22.0 Å². The van der Waals surface area contributed by atoms with E-state index < -0.39 is 18.0 Å². The highest BCUT2D eigenvalue weighted by Gasteiger charge is 2.61. The molecule has 1 aromatic heterocycles. The van der Waals surface area contributed by atoms with Gasteiger partial charge in [-0.15, -0.1) is 5.10 Å². The van der Waals surface area contributed by atoms with Crippen LogP contribution in [0.3, 0.4) is 0 Å². The van der Waals surface area contributed by atoms with Crippen LogP contribution in [0.2, 0.25) is 0 Å². The minimum atomic E-state index is -5.82. The molecule has 1 N–H and O–H groups in total. The molecule has 31 heavy (non-hydrogen) atoms. The van der Waals surface area contributed by atoms with Gasteiger partial charge in [-0.25, -0.2) is 0 Å². The Morgan fingerprint density at radius 3 is 2.19 bits per heavy atom. The van der Waals surface area contributed by atoms with Crippen molar-refractivity contribution in [3.8, 4) is 22.8 Å². The van der Waals surface area contributed by atoms with Gasteiger partial charge in [-0.3, -0.25) is 0 Å². The lowest BCUT2D eigenvalue weighted by Gasteiger charge is -2.20. The Bertz CT molecular complexity index is 1000. The topological polar surface area (TPSA) is 61.2 Å². The van der Waals surface area contributed by atoms with Crippen LogP contribution >= 0.6 is 0 Å². The van der Waals surface area contributed by atoms with E-state index in [1.807, 2.05) is 31.2 Å². The summed E-state index contributed by atoms with van der Waals surface area (Å²) >= 11 is 0. The van der Waals surface area contributed by atoms with Crippen molar-refractivity contribution in [3.05, 3.63) is 54.1 Å². The van der Waals surface area contributed by atoms with E-state index in [1.54, 1.807) is 7.11 Å². The molecule has 0 aliphatic carbocycles. The van der Waals surface area contributed by atoms with Gasteiger partial charge in [0.1, 0.15) is 5.75 Å². The molecule has 0 aliphatic rings. The molecule has 3 aromatic rings. The van der Waals surface area contributed by atoms with Crippen LogP contribution in [0.1, 0.15) is 5.56 Å². The van der Waals surface area contributed by atoms with Gasteiger partial charge in [0, 0.05) is 19.2 Å².